The Hall–Kier alpha value is 0.500. The van der Waals surface area contributed by atoms with Crippen molar-refractivity contribution in [3.63, 3.8) is 0 Å². The molecule has 1 heterocycles. The second-order valence-corrected chi connectivity index (χ2v) is 5.22. The maximum atomic E-state index is 9.61. The molecule has 0 saturated carbocycles. The van der Waals surface area contributed by atoms with Crippen molar-refractivity contribution < 1.29 is 5.11 Å². The predicted molar refractivity (Wildman–Crippen MR) is 60.9 cm³/mol. The van der Waals surface area contributed by atoms with Crippen LogP contribution >= 0.6 is 23.2 Å². The Morgan fingerprint density at radius 2 is 2.14 bits per heavy atom. The van der Waals surface area contributed by atoms with Crippen LogP contribution in [-0.2, 0) is 0 Å². The van der Waals surface area contributed by atoms with Gasteiger partial charge in [0.25, 0.3) is 0 Å². The van der Waals surface area contributed by atoms with Crippen LogP contribution in [0, 0.1) is 11.8 Å². The molecule has 3 atom stereocenters. The molecule has 0 amide bonds. The van der Waals surface area contributed by atoms with E-state index in [4.69, 9.17) is 23.2 Å². The van der Waals surface area contributed by atoms with Crippen molar-refractivity contribution >= 4 is 23.2 Å². The zero-order chi connectivity index (χ0) is 10.6. The van der Waals surface area contributed by atoms with Crippen LogP contribution in [0.1, 0.15) is 26.2 Å². The smallest absolute Gasteiger partial charge is 0.133 e. The van der Waals surface area contributed by atoms with Crippen LogP contribution in [0.25, 0.3) is 0 Å². The van der Waals surface area contributed by atoms with Gasteiger partial charge >= 0.3 is 0 Å². The zero-order valence-corrected chi connectivity index (χ0v) is 10.1. The minimum absolute atomic E-state index is 0.566. The number of nitrogens with one attached hydrogen (secondary N) is 1. The summed E-state index contributed by atoms with van der Waals surface area (Å²) in [5, 5.41) is 13.0. The third kappa shape index (κ3) is 3.58. The van der Waals surface area contributed by atoms with Gasteiger partial charge in [0.2, 0.25) is 0 Å². The van der Waals surface area contributed by atoms with Gasteiger partial charge in [-0.2, -0.15) is 0 Å². The largest absolute Gasteiger partial charge is 0.390 e. The summed E-state index contributed by atoms with van der Waals surface area (Å²) in [7, 11) is 0. The molecule has 4 heteroatoms. The molecule has 0 aromatic carbocycles. The van der Waals surface area contributed by atoms with Crippen LogP contribution in [0.3, 0.4) is 0 Å². The van der Waals surface area contributed by atoms with E-state index in [1.807, 2.05) is 0 Å². The first-order valence-corrected chi connectivity index (χ1v) is 6.19. The molecule has 2 nitrogen and oxygen atoms in total. The normalized spacial score (nSPS) is 30.6. The van der Waals surface area contributed by atoms with E-state index in [2.05, 4.69) is 12.2 Å². The third-order valence-corrected chi connectivity index (χ3v) is 3.71. The molecule has 1 aliphatic rings. The number of piperidine rings is 1. The number of alkyl halides is 2. The van der Waals surface area contributed by atoms with E-state index < -0.39 is 10.9 Å². The molecule has 0 radical (unpaired) electrons. The van der Waals surface area contributed by atoms with Crippen LogP contribution in [0.15, 0.2) is 0 Å². The van der Waals surface area contributed by atoms with Crippen LogP contribution in [-0.4, -0.2) is 29.1 Å². The summed E-state index contributed by atoms with van der Waals surface area (Å²) in [6.45, 7) is 4.29. The summed E-state index contributed by atoms with van der Waals surface area (Å²) in [4.78, 5) is -0.651. The number of aliphatic hydroxyl groups excluding tert-OH is 1. The SMILES string of the molecule is CC[C@H]1CNCC[C@H]1C[C@@H](O)C(Cl)Cl. The second kappa shape index (κ2) is 6.16. The van der Waals surface area contributed by atoms with Crippen molar-refractivity contribution in [2.24, 2.45) is 11.8 Å². The average Bonchev–Trinajstić information content (AvgIpc) is 2.18. The zero-order valence-electron chi connectivity index (χ0n) is 8.55. The van der Waals surface area contributed by atoms with Crippen LogP contribution in [0.5, 0.6) is 0 Å². The van der Waals surface area contributed by atoms with E-state index in [-0.39, 0.29) is 0 Å². The molecule has 14 heavy (non-hydrogen) atoms. The van der Waals surface area contributed by atoms with E-state index in [0.29, 0.717) is 11.8 Å². The maximum Gasteiger partial charge on any atom is 0.133 e. The molecule has 1 rings (SSSR count). The topological polar surface area (TPSA) is 32.3 Å². The first-order chi connectivity index (χ1) is 6.65. The summed E-state index contributed by atoms with van der Waals surface area (Å²) in [5.41, 5.74) is 0. The molecule has 84 valence electrons. The van der Waals surface area contributed by atoms with Gasteiger partial charge in [0.1, 0.15) is 4.84 Å². The second-order valence-electron chi connectivity index (χ2n) is 4.06. The van der Waals surface area contributed by atoms with E-state index in [0.717, 1.165) is 32.4 Å². The summed E-state index contributed by atoms with van der Waals surface area (Å²) < 4.78 is 0. The van der Waals surface area contributed by atoms with Gasteiger partial charge in [-0.1, -0.05) is 13.3 Å². The van der Waals surface area contributed by atoms with Crippen molar-refractivity contribution in [3.05, 3.63) is 0 Å². The standard InChI is InChI=1S/C10H19Cl2NO/c1-2-7-6-13-4-3-8(7)5-9(14)10(11)12/h7-10,13-14H,2-6H2,1H3/t7-,8-,9+/m0/s1. The minimum atomic E-state index is -0.651. The van der Waals surface area contributed by atoms with Gasteiger partial charge in [-0.15, -0.1) is 23.2 Å². The molecule has 0 bridgehead atoms. The van der Waals surface area contributed by atoms with Gasteiger partial charge in [-0.3, -0.25) is 0 Å². The average molecular weight is 240 g/mol. The first kappa shape index (κ1) is 12.6. The molecular formula is C10H19Cl2NO. The lowest BCUT2D eigenvalue weighted by molar-refractivity contribution is 0.118. The number of hydrogen-bond acceptors (Lipinski definition) is 2. The molecular weight excluding hydrogens is 221 g/mol. The monoisotopic (exact) mass is 239 g/mol. The minimum Gasteiger partial charge on any atom is -0.390 e. The van der Waals surface area contributed by atoms with Gasteiger partial charge in [-0.05, 0) is 37.8 Å². The lowest BCUT2D eigenvalue weighted by atomic mass is 9.81. The van der Waals surface area contributed by atoms with Gasteiger partial charge in [-0.25, -0.2) is 0 Å². The highest BCUT2D eigenvalue weighted by Crippen LogP contribution is 2.28. The fourth-order valence-electron chi connectivity index (χ4n) is 2.18. The molecule has 0 spiro atoms. The van der Waals surface area contributed by atoms with Gasteiger partial charge in [0, 0.05) is 0 Å². The Labute approximate surface area is 96.0 Å². The van der Waals surface area contributed by atoms with Crippen LogP contribution in [0.2, 0.25) is 0 Å². The van der Waals surface area contributed by atoms with Crippen molar-refractivity contribution in [2.75, 3.05) is 13.1 Å². The fourth-order valence-corrected chi connectivity index (χ4v) is 2.38. The molecule has 1 saturated heterocycles. The molecule has 0 aliphatic carbocycles. The molecule has 2 N–H and O–H groups in total. The lowest BCUT2D eigenvalue weighted by Gasteiger charge is -2.33. The number of aliphatic hydroxyl groups is 1. The van der Waals surface area contributed by atoms with Gasteiger partial charge in [0.15, 0.2) is 0 Å². The number of halogens is 2. The fraction of sp³-hybridized carbons (Fsp3) is 1.00. The first-order valence-electron chi connectivity index (χ1n) is 5.32. The highest BCUT2D eigenvalue weighted by Gasteiger charge is 2.27. The van der Waals surface area contributed by atoms with Crippen molar-refractivity contribution in [3.8, 4) is 0 Å². The lowest BCUT2D eigenvalue weighted by Crippen LogP contribution is -2.38. The van der Waals surface area contributed by atoms with Crippen molar-refractivity contribution in [1.29, 1.82) is 0 Å². The molecule has 1 fully saturated rings. The Balaban J connectivity index is 2.40. The third-order valence-electron chi connectivity index (χ3n) is 3.12. The maximum absolute atomic E-state index is 9.61. The summed E-state index contributed by atoms with van der Waals surface area (Å²) in [6, 6.07) is 0. The Bertz CT molecular complexity index is 166. The highest BCUT2D eigenvalue weighted by molar-refractivity contribution is 6.44. The van der Waals surface area contributed by atoms with Crippen LogP contribution < -0.4 is 5.32 Å². The van der Waals surface area contributed by atoms with Gasteiger partial charge < -0.3 is 10.4 Å². The Kier molecular flexibility index (Phi) is 5.53. The molecule has 0 aromatic rings. The summed E-state index contributed by atoms with van der Waals surface area (Å²) in [6.07, 6.45) is 2.43. The van der Waals surface area contributed by atoms with E-state index in [1.54, 1.807) is 0 Å². The Morgan fingerprint density at radius 3 is 2.71 bits per heavy atom. The van der Waals surface area contributed by atoms with E-state index in [9.17, 15) is 5.11 Å². The molecule has 0 unspecified atom stereocenters. The summed E-state index contributed by atoms with van der Waals surface area (Å²) in [5.74, 6) is 1.22. The predicted octanol–water partition coefficient (Wildman–Crippen LogP) is 2.18. The summed E-state index contributed by atoms with van der Waals surface area (Å²) >= 11 is 11.3. The Morgan fingerprint density at radius 1 is 1.43 bits per heavy atom. The van der Waals surface area contributed by atoms with E-state index >= 15 is 0 Å². The van der Waals surface area contributed by atoms with Crippen molar-refractivity contribution in [2.45, 2.75) is 37.1 Å². The van der Waals surface area contributed by atoms with Gasteiger partial charge in [0.05, 0.1) is 6.10 Å². The molecule has 0 aromatic heterocycles. The number of hydrogen-bond donors (Lipinski definition) is 2. The van der Waals surface area contributed by atoms with Crippen molar-refractivity contribution in [1.82, 2.24) is 5.32 Å². The van der Waals surface area contributed by atoms with E-state index in [1.165, 1.54) is 0 Å². The molecule has 1 aliphatic heterocycles. The highest BCUT2D eigenvalue weighted by atomic mass is 35.5. The van der Waals surface area contributed by atoms with Crippen LogP contribution in [0.4, 0.5) is 0 Å². The quantitative estimate of drug-likeness (QED) is 0.738. The number of rotatable bonds is 4.